The summed E-state index contributed by atoms with van der Waals surface area (Å²) in [4.78, 5) is 18.9. The number of rotatable bonds is 1. The first-order valence-corrected chi connectivity index (χ1v) is 6.62. The molecule has 1 aliphatic heterocycles. The Bertz CT molecular complexity index is 618. The monoisotopic (exact) mass is 255 g/mol. The van der Waals surface area contributed by atoms with E-state index < -0.39 is 0 Å². The van der Waals surface area contributed by atoms with Gasteiger partial charge in [0.05, 0.1) is 5.52 Å². The van der Waals surface area contributed by atoms with Gasteiger partial charge in [0.15, 0.2) is 0 Å². The summed E-state index contributed by atoms with van der Waals surface area (Å²) in [7, 11) is 0. The minimum atomic E-state index is 0.111. The van der Waals surface area contributed by atoms with E-state index in [1.807, 2.05) is 36.1 Å². The molecule has 1 amide bonds. The second-order valence-corrected chi connectivity index (χ2v) is 4.87. The van der Waals surface area contributed by atoms with Gasteiger partial charge in [-0.15, -0.1) is 0 Å². The second-order valence-electron chi connectivity index (χ2n) is 4.87. The third-order valence-electron chi connectivity index (χ3n) is 3.61. The molecule has 1 aliphatic rings. The van der Waals surface area contributed by atoms with Crippen LogP contribution in [0.5, 0.6) is 0 Å². The Labute approximate surface area is 112 Å². The van der Waals surface area contributed by atoms with Crippen molar-refractivity contribution < 1.29 is 4.79 Å². The molecule has 3 rings (SSSR count). The van der Waals surface area contributed by atoms with Crippen molar-refractivity contribution in [1.82, 2.24) is 15.2 Å². The molecule has 0 unspecified atom stereocenters. The van der Waals surface area contributed by atoms with Crippen LogP contribution in [0, 0.1) is 6.92 Å². The van der Waals surface area contributed by atoms with Crippen LogP contribution in [-0.2, 0) is 0 Å². The van der Waals surface area contributed by atoms with Gasteiger partial charge < -0.3 is 10.2 Å². The number of hydrogen-bond donors (Lipinski definition) is 1. The van der Waals surface area contributed by atoms with Crippen molar-refractivity contribution in [3.05, 3.63) is 41.6 Å². The zero-order valence-electron chi connectivity index (χ0n) is 11.0. The first-order chi connectivity index (χ1) is 9.27. The molecule has 1 N–H and O–H groups in total. The molecule has 2 heterocycles. The highest BCUT2D eigenvalue weighted by Crippen LogP contribution is 2.21. The van der Waals surface area contributed by atoms with Crippen molar-refractivity contribution >= 4 is 16.8 Å². The smallest absolute Gasteiger partial charge is 0.254 e. The van der Waals surface area contributed by atoms with E-state index >= 15 is 0 Å². The number of carbonyl (C=O) groups excluding carboxylic acids is 1. The summed E-state index contributed by atoms with van der Waals surface area (Å²) >= 11 is 0. The number of hydrogen-bond acceptors (Lipinski definition) is 3. The van der Waals surface area contributed by atoms with Gasteiger partial charge in [-0.1, -0.05) is 12.1 Å². The van der Waals surface area contributed by atoms with Crippen molar-refractivity contribution in [2.45, 2.75) is 6.92 Å². The van der Waals surface area contributed by atoms with Crippen LogP contribution < -0.4 is 5.32 Å². The molecule has 1 aromatic heterocycles. The Morgan fingerprint density at radius 1 is 1.26 bits per heavy atom. The number of aryl methyl sites for hydroxylation is 1. The van der Waals surface area contributed by atoms with Crippen molar-refractivity contribution in [3.8, 4) is 0 Å². The molecule has 98 valence electrons. The summed E-state index contributed by atoms with van der Waals surface area (Å²) in [6.45, 7) is 5.30. The highest BCUT2D eigenvalue weighted by atomic mass is 16.2. The van der Waals surface area contributed by atoms with Crippen molar-refractivity contribution in [1.29, 1.82) is 0 Å². The summed E-state index contributed by atoms with van der Waals surface area (Å²) in [6, 6.07) is 7.76. The van der Waals surface area contributed by atoms with E-state index in [-0.39, 0.29) is 5.91 Å². The van der Waals surface area contributed by atoms with E-state index in [4.69, 9.17) is 0 Å². The number of amides is 1. The van der Waals surface area contributed by atoms with Crippen LogP contribution in [0.2, 0.25) is 0 Å². The molecule has 0 bridgehead atoms. The van der Waals surface area contributed by atoms with E-state index in [0.29, 0.717) is 0 Å². The van der Waals surface area contributed by atoms with Gasteiger partial charge in [-0.2, -0.15) is 0 Å². The van der Waals surface area contributed by atoms with Crippen molar-refractivity contribution in [2.75, 3.05) is 26.2 Å². The van der Waals surface area contributed by atoms with Gasteiger partial charge >= 0.3 is 0 Å². The Hall–Kier alpha value is -1.94. The number of piperazine rings is 1. The van der Waals surface area contributed by atoms with Crippen LogP contribution in [0.3, 0.4) is 0 Å². The van der Waals surface area contributed by atoms with Gasteiger partial charge in [0, 0.05) is 43.3 Å². The number of nitrogens with zero attached hydrogens (tertiary/aromatic N) is 2. The summed E-state index contributed by atoms with van der Waals surface area (Å²) in [5.41, 5.74) is 2.78. The zero-order chi connectivity index (χ0) is 13.2. The lowest BCUT2D eigenvalue weighted by Crippen LogP contribution is -2.46. The van der Waals surface area contributed by atoms with Gasteiger partial charge in [0.2, 0.25) is 0 Å². The lowest BCUT2D eigenvalue weighted by molar-refractivity contribution is 0.0738. The van der Waals surface area contributed by atoms with E-state index in [1.54, 1.807) is 6.20 Å². The maximum absolute atomic E-state index is 12.6. The summed E-state index contributed by atoms with van der Waals surface area (Å²) in [6.07, 6.45) is 1.77. The minimum absolute atomic E-state index is 0.111. The summed E-state index contributed by atoms with van der Waals surface area (Å²) in [5.74, 6) is 0.111. The molecule has 19 heavy (non-hydrogen) atoms. The molecule has 0 spiro atoms. The average Bonchev–Trinajstić information content (AvgIpc) is 2.48. The van der Waals surface area contributed by atoms with Crippen LogP contribution in [0.1, 0.15) is 15.9 Å². The number of aromatic nitrogens is 1. The lowest BCUT2D eigenvalue weighted by Gasteiger charge is -2.27. The zero-order valence-corrected chi connectivity index (χ0v) is 11.0. The summed E-state index contributed by atoms with van der Waals surface area (Å²) in [5, 5.41) is 4.21. The van der Waals surface area contributed by atoms with Crippen LogP contribution in [0.4, 0.5) is 0 Å². The fourth-order valence-corrected chi connectivity index (χ4v) is 2.54. The molecule has 0 aliphatic carbocycles. The second kappa shape index (κ2) is 4.97. The third kappa shape index (κ3) is 2.19. The van der Waals surface area contributed by atoms with Crippen molar-refractivity contribution in [3.63, 3.8) is 0 Å². The molecule has 0 atom stereocenters. The van der Waals surface area contributed by atoms with Crippen LogP contribution in [0.15, 0.2) is 30.5 Å². The quantitative estimate of drug-likeness (QED) is 0.841. The molecule has 1 aromatic carbocycles. The Balaban J connectivity index is 2.05. The Kier molecular flexibility index (Phi) is 3.17. The van der Waals surface area contributed by atoms with Gasteiger partial charge in [0.25, 0.3) is 5.91 Å². The highest BCUT2D eigenvalue weighted by molar-refractivity contribution is 6.06. The molecule has 1 fully saturated rings. The summed E-state index contributed by atoms with van der Waals surface area (Å²) < 4.78 is 0. The number of pyridine rings is 1. The number of carbonyl (C=O) groups is 1. The van der Waals surface area contributed by atoms with Crippen LogP contribution >= 0.6 is 0 Å². The standard InChI is InChI=1S/C15H17N3O/c1-11-4-5-13(12-3-2-6-17-14(11)12)15(19)18-9-7-16-8-10-18/h2-6,16H,7-10H2,1H3. The van der Waals surface area contributed by atoms with E-state index in [1.165, 1.54) is 0 Å². The predicted octanol–water partition coefficient (Wildman–Crippen LogP) is 1.59. The number of nitrogens with one attached hydrogen (secondary N) is 1. The molecular formula is C15H17N3O. The molecule has 0 radical (unpaired) electrons. The number of fused-ring (bicyclic) bond motifs is 1. The Morgan fingerprint density at radius 2 is 2.05 bits per heavy atom. The SMILES string of the molecule is Cc1ccc(C(=O)N2CCNCC2)c2cccnc12. The maximum atomic E-state index is 12.6. The van der Waals surface area contributed by atoms with E-state index in [0.717, 1.165) is 48.2 Å². The van der Waals surface area contributed by atoms with E-state index in [2.05, 4.69) is 10.3 Å². The van der Waals surface area contributed by atoms with Gasteiger partial charge in [0.1, 0.15) is 0 Å². The third-order valence-corrected chi connectivity index (χ3v) is 3.61. The van der Waals surface area contributed by atoms with Gasteiger partial charge in [-0.05, 0) is 24.6 Å². The first-order valence-electron chi connectivity index (χ1n) is 6.62. The highest BCUT2D eigenvalue weighted by Gasteiger charge is 2.20. The molecule has 2 aromatic rings. The molecule has 4 nitrogen and oxygen atoms in total. The normalized spacial score (nSPS) is 15.7. The van der Waals surface area contributed by atoms with Gasteiger partial charge in [-0.25, -0.2) is 0 Å². The van der Waals surface area contributed by atoms with Crippen molar-refractivity contribution in [2.24, 2.45) is 0 Å². The molecule has 4 heteroatoms. The molecular weight excluding hydrogens is 238 g/mol. The van der Waals surface area contributed by atoms with Gasteiger partial charge in [-0.3, -0.25) is 9.78 Å². The molecule has 0 saturated carbocycles. The predicted molar refractivity (Wildman–Crippen MR) is 75.3 cm³/mol. The topological polar surface area (TPSA) is 45.2 Å². The minimum Gasteiger partial charge on any atom is -0.336 e. The van der Waals surface area contributed by atoms with E-state index in [9.17, 15) is 4.79 Å². The number of benzene rings is 1. The van der Waals surface area contributed by atoms with Crippen LogP contribution in [-0.4, -0.2) is 42.0 Å². The average molecular weight is 255 g/mol. The largest absolute Gasteiger partial charge is 0.336 e. The molecule has 1 saturated heterocycles. The van der Waals surface area contributed by atoms with Crippen LogP contribution in [0.25, 0.3) is 10.9 Å². The lowest BCUT2D eigenvalue weighted by atomic mass is 10.0. The fourth-order valence-electron chi connectivity index (χ4n) is 2.54. The first kappa shape index (κ1) is 12.1. The Morgan fingerprint density at radius 3 is 2.84 bits per heavy atom. The fraction of sp³-hybridized carbons (Fsp3) is 0.333. The maximum Gasteiger partial charge on any atom is 0.254 e.